The van der Waals surface area contributed by atoms with Crippen molar-refractivity contribution in [3.8, 4) is 5.69 Å². The molecule has 3 rings (SSSR count). The van der Waals surface area contributed by atoms with Gasteiger partial charge in [0.2, 0.25) is 0 Å². The maximum Gasteiger partial charge on any atom is 0.256 e. The van der Waals surface area contributed by atoms with Crippen molar-refractivity contribution in [3.63, 3.8) is 0 Å². The topological polar surface area (TPSA) is 63.9 Å². The highest BCUT2D eigenvalue weighted by molar-refractivity contribution is 6.31. The number of aromatic nitrogens is 4. The standard InChI is InChI=1S/C21H24ClN5O/c1-4-18(10-9-17-7-5-6-15(2)25-17)26(3)21(28)19-14-16(22)8-11-20(19)27-23-12-13-24-27/h5-8,11-14,18H,4,9-10H2,1-3H3/t18-/m0/s1. The van der Waals surface area contributed by atoms with E-state index in [9.17, 15) is 4.79 Å². The van der Waals surface area contributed by atoms with Gasteiger partial charge in [0, 0.05) is 29.5 Å². The minimum Gasteiger partial charge on any atom is -0.339 e. The van der Waals surface area contributed by atoms with Crippen molar-refractivity contribution in [3.05, 3.63) is 70.8 Å². The van der Waals surface area contributed by atoms with E-state index in [0.717, 1.165) is 30.7 Å². The molecule has 0 radical (unpaired) electrons. The minimum absolute atomic E-state index is 0.0900. The zero-order chi connectivity index (χ0) is 20.1. The molecular weight excluding hydrogens is 374 g/mol. The molecule has 2 heterocycles. The number of amides is 1. The second kappa shape index (κ2) is 8.97. The highest BCUT2D eigenvalue weighted by Crippen LogP contribution is 2.22. The summed E-state index contributed by atoms with van der Waals surface area (Å²) < 4.78 is 0. The monoisotopic (exact) mass is 397 g/mol. The minimum atomic E-state index is -0.0983. The number of nitrogens with zero attached hydrogens (tertiary/aromatic N) is 5. The van der Waals surface area contributed by atoms with Crippen molar-refractivity contribution in [1.82, 2.24) is 24.9 Å². The predicted octanol–water partition coefficient (Wildman–Crippen LogP) is 4.11. The smallest absolute Gasteiger partial charge is 0.256 e. The molecule has 7 heteroatoms. The summed E-state index contributed by atoms with van der Waals surface area (Å²) in [4.78, 5) is 21.0. The van der Waals surface area contributed by atoms with E-state index >= 15 is 0 Å². The molecule has 1 amide bonds. The Kier molecular flexibility index (Phi) is 6.41. The van der Waals surface area contributed by atoms with Crippen LogP contribution in [0.1, 0.15) is 41.5 Å². The van der Waals surface area contributed by atoms with Gasteiger partial charge in [0.05, 0.1) is 23.6 Å². The zero-order valence-corrected chi connectivity index (χ0v) is 17.1. The highest BCUT2D eigenvalue weighted by Gasteiger charge is 2.23. The molecule has 146 valence electrons. The Morgan fingerprint density at radius 2 is 1.96 bits per heavy atom. The molecule has 0 aliphatic rings. The van der Waals surface area contributed by atoms with Crippen LogP contribution in [0.15, 0.2) is 48.8 Å². The predicted molar refractivity (Wildman–Crippen MR) is 110 cm³/mol. The zero-order valence-electron chi connectivity index (χ0n) is 16.3. The second-order valence-corrected chi connectivity index (χ2v) is 7.20. The van der Waals surface area contributed by atoms with Gasteiger partial charge in [0.25, 0.3) is 5.91 Å². The van der Waals surface area contributed by atoms with E-state index in [1.54, 1.807) is 35.5 Å². The van der Waals surface area contributed by atoms with Crippen LogP contribution in [0.25, 0.3) is 5.69 Å². The fraction of sp³-hybridized carbons (Fsp3) is 0.333. The van der Waals surface area contributed by atoms with Gasteiger partial charge < -0.3 is 4.90 Å². The van der Waals surface area contributed by atoms with Crippen LogP contribution in [-0.4, -0.2) is 43.9 Å². The van der Waals surface area contributed by atoms with Crippen LogP contribution in [0.3, 0.4) is 0 Å². The third-order valence-electron chi connectivity index (χ3n) is 4.84. The van der Waals surface area contributed by atoms with Crippen LogP contribution in [0.2, 0.25) is 5.02 Å². The van der Waals surface area contributed by atoms with E-state index in [2.05, 4.69) is 22.1 Å². The number of carbonyl (C=O) groups excluding carboxylic acids is 1. The first kappa shape index (κ1) is 20.0. The lowest BCUT2D eigenvalue weighted by atomic mass is 10.0. The lowest BCUT2D eigenvalue weighted by molar-refractivity contribution is 0.0719. The molecule has 28 heavy (non-hydrogen) atoms. The van der Waals surface area contributed by atoms with Crippen LogP contribution in [-0.2, 0) is 6.42 Å². The summed E-state index contributed by atoms with van der Waals surface area (Å²) in [7, 11) is 1.83. The van der Waals surface area contributed by atoms with Crippen LogP contribution in [0, 0.1) is 6.92 Å². The van der Waals surface area contributed by atoms with Crippen LogP contribution in [0.4, 0.5) is 0 Å². The molecule has 2 aromatic heterocycles. The van der Waals surface area contributed by atoms with E-state index in [1.807, 2.05) is 32.2 Å². The molecule has 0 aliphatic heterocycles. The Morgan fingerprint density at radius 3 is 2.64 bits per heavy atom. The van der Waals surface area contributed by atoms with Gasteiger partial charge in [0.15, 0.2) is 0 Å². The number of halogens is 1. The average molecular weight is 398 g/mol. The van der Waals surface area contributed by atoms with Crippen LogP contribution >= 0.6 is 11.6 Å². The summed E-state index contributed by atoms with van der Waals surface area (Å²) in [6, 6.07) is 11.3. The van der Waals surface area contributed by atoms with Crippen molar-refractivity contribution >= 4 is 17.5 Å². The normalized spacial score (nSPS) is 12.0. The van der Waals surface area contributed by atoms with E-state index in [-0.39, 0.29) is 11.9 Å². The number of aryl methyl sites for hydroxylation is 2. The Labute approximate surface area is 170 Å². The SMILES string of the molecule is CC[C@@H](CCc1cccc(C)n1)N(C)C(=O)c1cc(Cl)ccc1-n1nccn1. The molecule has 0 fully saturated rings. The van der Waals surface area contributed by atoms with Gasteiger partial charge in [-0.05, 0) is 56.5 Å². The van der Waals surface area contributed by atoms with Gasteiger partial charge in [-0.15, -0.1) is 0 Å². The lowest BCUT2D eigenvalue weighted by Crippen LogP contribution is -2.37. The Bertz CT molecular complexity index is 942. The number of benzene rings is 1. The van der Waals surface area contributed by atoms with Gasteiger partial charge in [0.1, 0.15) is 0 Å². The number of rotatable bonds is 7. The fourth-order valence-electron chi connectivity index (χ4n) is 3.27. The van der Waals surface area contributed by atoms with Gasteiger partial charge in [-0.25, -0.2) is 0 Å². The molecule has 0 spiro atoms. The third-order valence-corrected chi connectivity index (χ3v) is 5.08. The summed E-state index contributed by atoms with van der Waals surface area (Å²) in [6.07, 6.45) is 5.67. The lowest BCUT2D eigenvalue weighted by Gasteiger charge is -2.28. The number of hydrogen-bond donors (Lipinski definition) is 0. The first-order valence-electron chi connectivity index (χ1n) is 9.35. The maximum atomic E-state index is 13.3. The summed E-state index contributed by atoms with van der Waals surface area (Å²) in [5.74, 6) is -0.0983. The molecule has 0 saturated heterocycles. The molecular formula is C21H24ClN5O. The molecule has 1 aromatic carbocycles. The van der Waals surface area contributed by atoms with Crippen molar-refractivity contribution in [1.29, 1.82) is 0 Å². The highest BCUT2D eigenvalue weighted by atomic mass is 35.5. The fourth-order valence-corrected chi connectivity index (χ4v) is 3.45. The Morgan fingerprint density at radius 1 is 1.21 bits per heavy atom. The Balaban J connectivity index is 1.80. The van der Waals surface area contributed by atoms with E-state index in [0.29, 0.717) is 16.3 Å². The molecule has 6 nitrogen and oxygen atoms in total. The van der Waals surface area contributed by atoms with Crippen molar-refractivity contribution in [2.24, 2.45) is 0 Å². The first-order valence-corrected chi connectivity index (χ1v) is 9.73. The second-order valence-electron chi connectivity index (χ2n) is 6.77. The third kappa shape index (κ3) is 4.57. The maximum absolute atomic E-state index is 13.3. The molecule has 0 unspecified atom stereocenters. The molecule has 0 aliphatic carbocycles. The molecule has 3 aromatic rings. The summed E-state index contributed by atoms with van der Waals surface area (Å²) >= 11 is 6.17. The van der Waals surface area contributed by atoms with Gasteiger partial charge in [-0.1, -0.05) is 24.6 Å². The number of carbonyl (C=O) groups is 1. The van der Waals surface area contributed by atoms with E-state index in [4.69, 9.17) is 11.6 Å². The number of hydrogen-bond acceptors (Lipinski definition) is 4. The van der Waals surface area contributed by atoms with Crippen molar-refractivity contribution in [2.75, 3.05) is 7.05 Å². The van der Waals surface area contributed by atoms with Gasteiger partial charge in [-0.3, -0.25) is 9.78 Å². The molecule has 0 saturated carbocycles. The summed E-state index contributed by atoms with van der Waals surface area (Å²) in [6.45, 7) is 4.08. The summed E-state index contributed by atoms with van der Waals surface area (Å²) in [5, 5.41) is 8.81. The van der Waals surface area contributed by atoms with Crippen molar-refractivity contribution in [2.45, 2.75) is 39.2 Å². The molecule has 0 N–H and O–H groups in total. The van der Waals surface area contributed by atoms with E-state index in [1.165, 1.54) is 4.80 Å². The molecule has 0 bridgehead atoms. The van der Waals surface area contributed by atoms with Crippen molar-refractivity contribution < 1.29 is 4.79 Å². The largest absolute Gasteiger partial charge is 0.339 e. The molecule has 1 atom stereocenters. The summed E-state index contributed by atoms with van der Waals surface area (Å²) in [5.41, 5.74) is 3.15. The quantitative estimate of drug-likeness (QED) is 0.601. The van der Waals surface area contributed by atoms with Crippen LogP contribution < -0.4 is 0 Å². The van der Waals surface area contributed by atoms with Gasteiger partial charge >= 0.3 is 0 Å². The Hall–Kier alpha value is -2.73. The first-order chi connectivity index (χ1) is 13.5. The van der Waals surface area contributed by atoms with Crippen LogP contribution in [0.5, 0.6) is 0 Å². The van der Waals surface area contributed by atoms with Gasteiger partial charge in [-0.2, -0.15) is 15.0 Å². The van der Waals surface area contributed by atoms with E-state index < -0.39 is 0 Å². The number of pyridine rings is 1. The average Bonchev–Trinajstić information content (AvgIpc) is 3.22.